The summed E-state index contributed by atoms with van der Waals surface area (Å²) in [5, 5.41) is 10.2. The molecule has 1 aliphatic heterocycles. The number of nitrogens with zero attached hydrogens (tertiary/aromatic N) is 2. The molecule has 3 amide bonds. The van der Waals surface area contributed by atoms with Crippen LogP contribution in [0.15, 0.2) is 29.4 Å². The Morgan fingerprint density at radius 2 is 1.90 bits per heavy atom. The highest BCUT2D eigenvalue weighted by molar-refractivity contribution is 6.19. The summed E-state index contributed by atoms with van der Waals surface area (Å²) in [6, 6.07) is 7.37. The summed E-state index contributed by atoms with van der Waals surface area (Å²) in [5.74, 6) is -1.46. The van der Waals surface area contributed by atoms with Crippen LogP contribution in [0.5, 0.6) is 0 Å². The van der Waals surface area contributed by atoms with E-state index in [4.69, 9.17) is 0 Å². The van der Waals surface area contributed by atoms with Crippen molar-refractivity contribution in [1.29, 1.82) is 0 Å². The maximum atomic E-state index is 12.7. The third-order valence-corrected chi connectivity index (χ3v) is 6.02. The van der Waals surface area contributed by atoms with Gasteiger partial charge in [0.2, 0.25) is 17.7 Å². The molecule has 1 heterocycles. The molecule has 0 radical (unpaired) electrons. The monoisotopic (exact) mass is 413 g/mol. The predicted molar refractivity (Wildman–Crippen MR) is 116 cm³/mol. The molecule has 162 valence electrons. The van der Waals surface area contributed by atoms with E-state index < -0.39 is 17.3 Å². The van der Waals surface area contributed by atoms with Crippen LogP contribution in [-0.2, 0) is 14.4 Å². The van der Waals surface area contributed by atoms with E-state index >= 15 is 0 Å². The lowest BCUT2D eigenvalue weighted by Gasteiger charge is -2.23. The SMILES string of the molecule is CCN(CC)CC(=O)Nc1ccccc1C1=NNC(=O)[C@H]2[C@@H](C(=O)NC(C)C)[C@@]12C. The number of hydrazone groups is 1. The first-order chi connectivity index (χ1) is 14.2. The second-order valence-corrected chi connectivity index (χ2v) is 8.39. The number of hydrogen-bond acceptors (Lipinski definition) is 5. The van der Waals surface area contributed by atoms with Crippen LogP contribution in [0.4, 0.5) is 5.69 Å². The van der Waals surface area contributed by atoms with Gasteiger partial charge in [0.25, 0.3) is 0 Å². The van der Waals surface area contributed by atoms with Crippen molar-refractivity contribution in [2.75, 3.05) is 25.0 Å². The molecule has 1 aliphatic carbocycles. The molecule has 0 saturated heterocycles. The second-order valence-electron chi connectivity index (χ2n) is 8.39. The summed E-state index contributed by atoms with van der Waals surface area (Å²) < 4.78 is 0. The lowest BCUT2D eigenvalue weighted by molar-refractivity contribution is -0.127. The van der Waals surface area contributed by atoms with E-state index in [1.807, 2.05) is 63.8 Å². The standard InChI is InChI=1S/C22H31N5O3/c1-6-27(7-2)12-16(28)24-15-11-9-8-10-14(15)19-22(5)17(20(29)23-13(3)4)18(22)21(30)26-25-19/h8-11,13,17-18H,6-7,12H2,1-5H3,(H,23,29)(H,24,28)(H,26,30)/t17-,18+,22+/m0/s1. The maximum Gasteiger partial charge on any atom is 0.245 e. The molecule has 8 nitrogen and oxygen atoms in total. The van der Waals surface area contributed by atoms with E-state index in [0.717, 1.165) is 18.7 Å². The Hall–Kier alpha value is -2.74. The first-order valence-electron chi connectivity index (χ1n) is 10.5. The van der Waals surface area contributed by atoms with Gasteiger partial charge in [-0.05, 0) is 33.0 Å². The van der Waals surface area contributed by atoms with Gasteiger partial charge in [-0.2, -0.15) is 5.10 Å². The Labute approximate surface area is 177 Å². The molecule has 1 saturated carbocycles. The van der Waals surface area contributed by atoms with Gasteiger partial charge in [0.1, 0.15) is 0 Å². The molecular weight excluding hydrogens is 382 g/mol. The highest BCUT2D eigenvalue weighted by Crippen LogP contribution is 2.62. The van der Waals surface area contributed by atoms with E-state index in [1.54, 1.807) is 0 Å². The van der Waals surface area contributed by atoms with Crippen molar-refractivity contribution in [1.82, 2.24) is 15.6 Å². The minimum absolute atomic E-state index is 0.0149. The van der Waals surface area contributed by atoms with Gasteiger partial charge in [-0.25, -0.2) is 5.43 Å². The summed E-state index contributed by atoms with van der Waals surface area (Å²) in [7, 11) is 0. The smallest absolute Gasteiger partial charge is 0.245 e. The first kappa shape index (κ1) is 22.0. The van der Waals surface area contributed by atoms with Crippen molar-refractivity contribution in [2.24, 2.45) is 22.4 Å². The molecule has 0 unspecified atom stereocenters. The number of anilines is 1. The number of likely N-dealkylation sites (N-methyl/N-ethyl adjacent to an activating group) is 1. The number of amides is 3. The Morgan fingerprint density at radius 1 is 1.23 bits per heavy atom. The zero-order valence-corrected chi connectivity index (χ0v) is 18.3. The van der Waals surface area contributed by atoms with Crippen LogP contribution in [0.2, 0.25) is 0 Å². The van der Waals surface area contributed by atoms with E-state index in [9.17, 15) is 14.4 Å². The van der Waals surface area contributed by atoms with Crippen LogP contribution in [0.3, 0.4) is 0 Å². The lowest BCUT2D eigenvalue weighted by atomic mass is 9.89. The van der Waals surface area contributed by atoms with Crippen LogP contribution in [0.25, 0.3) is 0 Å². The van der Waals surface area contributed by atoms with Crippen molar-refractivity contribution in [3.8, 4) is 0 Å². The summed E-state index contributed by atoms with van der Waals surface area (Å²) >= 11 is 0. The highest BCUT2D eigenvalue weighted by Gasteiger charge is 2.72. The second kappa shape index (κ2) is 8.55. The molecule has 30 heavy (non-hydrogen) atoms. The van der Waals surface area contributed by atoms with Gasteiger partial charge in [-0.1, -0.05) is 39.0 Å². The molecule has 1 fully saturated rings. The zero-order chi connectivity index (χ0) is 22.1. The summed E-state index contributed by atoms with van der Waals surface area (Å²) in [6.07, 6.45) is 0. The van der Waals surface area contributed by atoms with E-state index in [0.29, 0.717) is 17.9 Å². The molecule has 8 heteroatoms. The van der Waals surface area contributed by atoms with Gasteiger partial charge in [0.05, 0.1) is 24.1 Å². The van der Waals surface area contributed by atoms with Crippen LogP contribution in [-0.4, -0.2) is 54.0 Å². The van der Waals surface area contributed by atoms with Crippen molar-refractivity contribution < 1.29 is 14.4 Å². The molecule has 1 aromatic rings. The van der Waals surface area contributed by atoms with E-state index in [1.165, 1.54) is 0 Å². The number of fused-ring (bicyclic) bond motifs is 1. The molecule has 3 atom stereocenters. The van der Waals surface area contributed by atoms with Gasteiger partial charge in [-0.3, -0.25) is 19.3 Å². The van der Waals surface area contributed by atoms with Crippen LogP contribution >= 0.6 is 0 Å². The summed E-state index contributed by atoms with van der Waals surface area (Å²) in [6.45, 7) is 11.6. The fourth-order valence-electron chi connectivity index (χ4n) is 4.32. The number of carbonyl (C=O) groups excluding carboxylic acids is 3. The van der Waals surface area contributed by atoms with Crippen molar-refractivity contribution in [2.45, 2.75) is 40.7 Å². The van der Waals surface area contributed by atoms with Crippen molar-refractivity contribution in [3.63, 3.8) is 0 Å². The van der Waals surface area contributed by atoms with Crippen molar-refractivity contribution in [3.05, 3.63) is 29.8 Å². The molecule has 1 aromatic carbocycles. The van der Waals surface area contributed by atoms with Gasteiger partial charge < -0.3 is 10.6 Å². The lowest BCUT2D eigenvalue weighted by Crippen LogP contribution is -2.36. The number of nitrogens with one attached hydrogen (secondary N) is 3. The molecule has 0 aromatic heterocycles. The molecule has 0 spiro atoms. The van der Waals surface area contributed by atoms with Gasteiger partial charge in [-0.15, -0.1) is 0 Å². The Balaban J connectivity index is 1.88. The van der Waals surface area contributed by atoms with Crippen LogP contribution in [0.1, 0.15) is 40.2 Å². The normalized spacial score (nSPS) is 24.8. The maximum absolute atomic E-state index is 12.7. The van der Waals surface area contributed by atoms with Crippen LogP contribution in [0, 0.1) is 17.3 Å². The molecule has 0 bridgehead atoms. The van der Waals surface area contributed by atoms with Crippen molar-refractivity contribution >= 4 is 29.1 Å². The predicted octanol–water partition coefficient (Wildman–Crippen LogP) is 1.58. The fraction of sp³-hybridized carbons (Fsp3) is 0.545. The highest BCUT2D eigenvalue weighted by atomic mass is 16.2. The molecule has 3 rings (SSSR count). The van der Waals surface area contributed by atoms with Gasteiger partial charge >= 0.3 is 0 Å². The average Bonchev–Trinajstić information content (AvgIpc) is 3.34. The number of para-hydroxylation sites is 1. The number of hydrogen-bond donors (Lipinski definition) is 3. The number of carbonyl (C=O) groups is 3. The fourth-order valence-corrected chi connectivity index (χ4v) is 4.32. The number of benzene rings is 1. The molecular formula is C22H31N5O3. The molecule has 2 aliphatic rings. The largest absolute Gasteiger partial charge is 0.354 e. The Kier molecular flexibility index (Phi) is 6.26. The zero-order valence-electron chi connectivity index (χ0n) is 18.3. The molecule has 3 N–H and O–H groups in total. The summed E-state index contributed by atoms with van der Waals surface area (Å²) in [4.78, 5) is 39.7. The van der Waals surface area contributed by atoms with E-state index in [2.05, 4.69) is 21.2 Å². The Bertz CT molecular complexity index is 877. The Morgan fingerprint density at radius 3 is 2.53 bits per heavy atom. The average molecular weight is 414 g/mol. The van der Waals surface area contributed by atoms with Gasteiger partial charge in [0, 0.05) is 22.7 Å². The third kappa shape index (κ3) is 3.96. The third-order valence-electron chi connectivity index (χ3n) is 6.02. The minimum atomic E-state index is -0.707. The van der Waals surface area contributed by atoms with Gasteiger partial charge in [0.15, 0.2) is 0 Å². The summed E-state index contributed by atoms with van der Waals surface area (Å²) in [5.41, 5.74) is 3.82. The van der Waals surface area contributed by atoms with Crippen LogP contribution < -0.4 is 16.1 Å². The quantitative estimate of drug-likeness (QED) is 0.602. The number of rotatable bonds is 8. The minimum Gasteiger partial charge on any atom is -0.354 e. The van der Waals surface area contributed by atoms with E-state index in [-0.39, 0.29) is 23.8 Å². The first-order valence-corrected chi connectivity index (χ1v) is 10.5. The topological polar surface area (TPSA) is 103 Å².